The molecular formula is C14H23FN2O2. The first-order chi connectivity index (χ1) is 9.11. The van der Waals surface area contributed by atoms with Crippen molar-refractivity contribution in [2.45, 2.75) is 13.0 Å². The Morgan fingerprint density at radius 3 is 2.26 bits per heavy atom. The zero-order chi connectivity index (χ0) is 14.3. The maximum Gasteiger partial charge on any atom is 0.130 e. The fourth-order valence-corrected chi connectivity index (χ4v) is 2.01. The van der Waals surface area contributed by atoms with Crippen LogP contribution in [0.15, 0.2) is 18.2 Å². The van der Waals surface area contributed by atoms with Gasteiger partial charge in [-0.15, -0.1) is 0 Å². The number of benzene rings is 1. The minimum Gasteiger partial charge on any atom is -0.383 e. The molecule has 5 heteroatoms. The van der Waals surface area contributed by atoms with Gasteiger partial charge in [-0.25, -0.2) is 4.39 Å². The summed E-state index contributed by atoms with van der Waals surface area (Å²) in [6.07, 6.45) is 0. The molecule has 0 bridgehead atoms. The number of ether oxygens (including phenoxy) is 2. The second-order valence-corrected chi connectivity index (χ2v) is 4.43. The van der Waals surface area contributed by atoms with Crippen LogP contribution in [0.3, 0.4) is 0 Å². The van der Waals surface area contributed by atoms with Gasteiger partial charge in [0.2, 0.25) is 0 Å². The third kappa shape index (κ3) is 4.45. The molecule has 0 aromatic heterocycles. The van der Waals surface area contributed by atoms with Crippen LogP contribution in [-0.4, -0.2) is 40.5 Å². The number of rotatable bonds is 8. The van der Waals surface area contributed by atoms with Gasteiger partial charge in [-0.05, 0) is 19.1 Å². The lowest BCUT2D eigenvalue weighted by molar-refractivity contribution is 0.190. The Morgan fingerprint density at radius 1 is 1.21 bits per heavy atom. The molecule has 0 saturated heterocycles. The summed E-state index contributed by atoms with van der Waals surface area (Å²) in [5.41, 5.74) is 7.23. The Bertz CT molecular complexity index is 378. The van der Waals surface area contributed by atoms with Gasteiger partial charge in [-0.3, -0.25) is 0 Å². The first-order valence-corrected chi connectivity index (χ1v) is 6.38. The summed E-state index contributed by atoms with van der Waals surface area (Å²) in [4.78, 5) is 2.04. The van der Waals surface area contributed by atoms with Gasteiger partial charge in [0, 0.05) is 44.6 Å². The average Bonchev–Trinajstić information content (AvgIpc) is 2.38. The van der Waals surface area contributed by atoms with Crippen LogP contribution in [0.5, 0.6) is 0 Å². The molecule has 0 unspecified atom stereocenters. The highest BCUT2D eigenvalue weighted by Gasteiger charge is 2.17. The molecule has 0 heterocycles. The van der Waals surface area contributed by atoms with Crippen molar-refractivity contribution in [1.82, 2.24) is 0 Å². The van der Waals surface area contributed by atoms with Gasteiger partial charge in [0.1, 0.15) is 5.82 Å². The summed E-state index contributed by atoms with van der Waals surface area (Å²) in [5, 5.41) is 0. The largest absolute Gasteiger partial charge is 0.383 e. The second kappa shape index (κ2) is 8.09. The Hall–Kier alpha value is -1.17. The number of hydrogen-bond acceptors (Lipinski definition) is 4. The molecule has 1 aromatic rings. The van der Waals surface area contributed by atoms with Crippen LogP contribution >= 0.6 is 0 Å². The quantitative estimate of drug-likeness (QED) is 0.784. The molecule has 1 atom stereocenters. The molecular weight excluding hydrogens is 247 g/mol. The number of nitrogens with zero attached hydrogens (tertiary/aromatic N) is 1. The molecule has 4 nitrogen and oxygen atoms in total. The molecule has 1 aromatic carbocycles. The highest BCUT2D eigenvalue weighted by atomic mass is 19.1. The number of halogens is 1. The molecule has 0 spiro atoms. The van der Waals surface area contributed by atoms with Gasteiger partial charge in [0.15, 0.2) is 0 Å². The summed E-state index contributed by atoms with van der Waals surface area (Å²) >= 11 is 0. The van der Waals surface area contributed by atoms with Gasteiger partial charge in [-0.2, -0.15) is 0 Å². The lowest BCUT2D eigenvalue weighted by atomic mass is 10.0. The fraction of sp³-hybridized carbons (Fsp3) is 0.571. The zero-order valence-corrected chi connectivity index (χ0v) is 11.9. The smallest absolute Gasteiger partial charge is 0.130 e. The molecule has 0 fully saturated rings. The van der Waals surface area contributed by atoms with Gasteiger partial charge in [0.05, 0.1) is 13.2 Å². The minimum atomic E-state index is -0.358. The molecule has 108 valence electrons. The van der Waals surface area contributed by atoms with Gasteiger partial charge in [-0.1, -0.05) is 6.07 Å². The summed E-state index contributed by atoms with van der Waals surface area (Å²) in [6, 6.07) is 4.66. The molecule has 2 N–H and O–H groups in total. The van der Waals surface area contributed by atoms with E-state index in [4.69, 9.17) is 15.2 Å². The molecule has 1 rings (SSSR count). The Labute approximate surface area is 114 Å². The van der Waals surface area contributed by atoms with Gasteiger partial charge >= 0.3 is 0 Å². The van der Waals surface area contributed by atoms with E-state index in [-0.39, 0.29) is 11.9 Å². The first-order valence-electron chi connectivity index (χ1n) is 6.38. The van der Waals surface area contributed by atoms with Crippen molar-refractivity contribution in [3.8, 4) is 0 Å². The van der Waals surface area contributed by atoms with E-state index in [0.29, 0.717) is 31.9 Å². The highest BCUT2D eigenvalue weighted by molar-refractivity contribution is 5.55. The Morgan fingerprint density at radius 2 is 1.79 bits per heavy atom. The maximum absolute atomic E-state index is 13.9. The molecule has 0 saturated carbocycles. The van der Waals surface area contributed by atoms with Crippen molar-refractivity contribution in [2.75, 3.05) is 45.4 Å². The monoisotopic (exact) mass is 270 g/mol. The van der Waals surface area contributed by atoms with Crippen molar-refractivity contribution in [3.63, 3.8) is 0 Å². The van der Waals surface area contributed by atoms with Crippen LogP contribution < -0.4 is 10.6 Å². The molecule has 0 amide bonds. The third-order valence-electron chi connectivity index (χ3n) is 2.96. The molecule has 0 aliphatic carbocycles. The predicted molar refractivity (Wildman–Crippen MR) is 75.0 cm³/mol. The van der Waals surface area contributed by atoms with Crippen molar-refractivity contribution in [2.24, 2.45) is 5.73 Å². The molecule has 0 radical (unpaired) electrons. The fourth-order valence-electron chi connectivity index (χ4n) is 2.01. The Kier molecular flexibility index (Phi) is 6.77. The van der Waals surface area contributed by atoms with Crippen molar-refractivity contribution >= 4 is 5.69 Å². The van der Waals surface area contributed by atoms with E-state index < -0.39 is 0 Å². The third-order valence-corrected chi connectivity index (χ3v) is 2.96. The standard InChI is InChI=1S/C14H23FN2O2/c1-11(16)14-12(15)5-4-6-13(14)17(7-9-18-2)8-10-19-3/h4-6,11H,7-10,16H2,1-3H3/t11-/m1/s1. The van der Waals surface area contributed by atoms with Crippen LogP contribution in [0.2, 0.25) is 0 Å². The van der Waals surface area contributed by atoms with Crippen LogP contribution in [0.1, 0.15) is 18.5 Å². The van der Waals surface area contributed by atoms with Gasteiger partial charge < -0.3 is 20.1 Å². The second-order valence-electron chi connectivity index (χ2n) is 4.43. The predicted octanol–water partition coefficient (Wildman–Crippen LogP) is 1.94. The lowest BCUT2D eigenvalue weighted by Crippen LogP contribution is -2.32. The number of hydrogen-bond donors (Lipinski definition) is 1. The van der Waals surface area contributed by atoms with E-state index >= 15 is 0 Å². The van der Waals surface area contributed by atoms with E-state index in [9.17, 15) is 4.39 Å². The number of methoxy groups -OCH3 is 2. The Balaban J connectivity index is 3.02. The number of anilines is 1. The average molecular weight is 270 g/mol. The minimum absolute atomic E-state index is 0.271. The van der Waals surface area contributed by atoms with Crippen molar-refractivity contribution < 1.29 is 13.9 Å². The van der Waals surface area contributed by atoms with Crippen molar-refractivity contribution in [3.05, 3.63) is 29.6 Å². The van der Waals surface area contributed by atoms with Crippen LogP contribution in [0, 0.1) is 5.82 Å². The summed E-state index contributed by atoms with van der Waals surface area (Å²) in [7, 11) is 3.29. The van der Waals surface area contributed by atoms with E-state index in [0.717, 1.165) is 5.69 Å². The molecule has 0 aliphatic heterocycles. The summed E-state index contributed by atoms with van der Waals surface area (Å²) in [6.45, 7) is 4.26. The molecule has 0 aliphatic rings. The van der Waals surface area contributed by atoms with E-state index in [1.807, 2.05) is 11.0 Å². The van der Waals surface area contributed by atoms with E-state index in [1.165, 1.54) is 6.07 Å². The maximum atomic E-state index is 13.9. The van der Waals surface area contributed by atoms with Crippen LogP contribution in [0.4, 0.5) is 10.1 Å². The van der Waals surface area contributed by atoms with Gasteiger partial charge in [0.25, 0.3) is 0 Å². The SMILES string of the molecule is COCCN(CCOC)c1cccc(F)c1[C@@H](C)N. The first kappa shape index (κ1) is 15.9. The number of nitrogens with two attached hydrogens (primary N) is 1. The van der Waals surface area contributed by atoms with Crippen LogP contribution in [0.25, 0.3) is 0 Å². The van der Waals surface area contributed by atoms with E-state index in [2.05, 4.69) is 0 Å². The topological polar surface area (TPSA) is 47.7 Å². The lowest BCUT2D eigenvalue weighted by Gasteiger charge is -2.28. The van der Waals surface area contributed by atoms with Crippen LogP contribution in [-0.2, 0) is 9.47 Å². The summed E-state index contributed by atoms with van der Waals surface area (Å²) < 4.78 is 24.1. The highest BCUT2D eigenvalue weighted by Crippen LogP contribution is 2.27. The normalized spacial score (nSPS) is 12.5. The van der Waals surface area contributed by atoms with Crippen molar-refractivity contribution in [1.29, 1.82) is 0 Å². The molecule has 19 heavy (non-hydrogen) atoms. The van der Waals surface area contributed by atoms with E-state index in [1.54, 1.807) is 27.2 Å². The summed E-state index contributed by atoms with van der Waals surface area (Å²) in [5.74, 6) is -0.271. The zero-order valence-electron chi connectivity index (χ0n) is 11.9.